The summed E-state index contributed by atoms with van der Waals surface area (Å²) in [6, 6.07) is 12.6. The van der Waals surface area contributed by atoms with E-state index in [4.69, 9.17) is 20.2 Å². The van der Waals surface area contributed by atoms with Crippen LogP contribution in [0, 0.1) is 0 Å². The van der Waals surface area contributed by atoms with Gasteiger partial charge < -0.3 is 30.1 Å². The van der Waals surface area contributed by atoms with Crippen LogP contribution in [0.1, 0.15) is 37.9 Å². The highest BCUT2D eigenvalue weighted by atomic mass is 16.5. The SMILES string of the molecule is C=CC(=O)N(CC)CC.Nc1nc(OCCCN2C[C@@H]3C[C@H]2CO3)nc2c1CCN(c1cc(O)cc3ccccc13)C2. The molecule has 2 atom stereocenters. The first-order chi connectivity index (χ1) is 20.4. The topological polar surface area (TPSA) is 117 Å². The Balaban J connectivity index is 0.000000342. The van der Waals surface area contributed by atoms with Crippen molar-refractivity contribution in [2.24, 2.45) is 0 Å². The molecule has 0 radical (unpaired) electrons. The van der Waals surface area contributed by atoms with Crippen molar-refractivity contribution in [2.75, 3.05) is 56.6 Å². The van der Waals surface area contributed by atoms with Gasteiger partial charge >= 0.3 is 6.01 Å². The number of hydrogen-bond donors (Lipinski definition) is 2. The Morgan fingerprint density at radius 3 is 2.76 bits per heavy atom. The summed E-state index contributed by atoms with van der Waals surface area (Å²) in [4.78, 5) is 26.4. The lowest BCUT2D eigenvalue weighted by Gasteiger charge is -2.31. The van der Waals surface area contributed by atoms with E-state index >= 15 is 0 Å². The van der Waals surface area contributed by atoms with Gasteiger partial charge in [-0.1, -0.05) is 30.8 Å². The van der Waals surface area contributed by atoms with Gasteiger partial charge in [0, 0.05) is 61.5 Å². The summed E-state index contributed by atoms with van der Waals surface area (Å²) in [6.07, 6.45) is 4.60. The smallest absolute Gasteiger partial charge is 0.318 e. The van der Waals surface area contributed by atoms with Crippen LogP contribution < -0.4 is 15.4 Å². The Labute approximate surface area is 247 Å². The second-order valence-electron chi connectivity index (χ2n) is 10.9. The number of rotatable bonds is 9. The number of carbonyl (C=O) groups excluding carboxylic acids is 1. The van der Waals surface area contributed by atoms with E-state index < -0.39 is 0 Å². The number of amides is 1. The number of aromatic nitrogens is 2. The molecule has 0 aliphatic carbocycles. The van der Waals surface area contributed by atoms with E-state index in [1.54, 1.807) is 11.0 Å². The van der Waals surface area contributed by atoms with Crippen LogP contribution in [-0.2, 0) is 22.5 Å². The summed E-state index contributed by atoms with van der Waals surface area (Å²) >= 11 is 0. The Morgan fingerprint density at radius 1 is 1.26 bits per heavy atom. The number of ether oxygens (including phenoxy) is 2. The van der Waals surface area contributed by atoms with Gasteiger partial charge in [0.15, 0.2) is 0 Å². The number of carbonyl (C=O) groups is 1. The third-order valence-electron chi connectivity index (χ3n) is 8.33. The van der Waals surface area contributed by atoms with Crippen molar-refractivity contribution in [1.82, 2.24) is 19.8 Å². The van der Waals surface area contributed by atoms with Crippen molar-refractivity contribution in [1.29, 1.82) is 0 Å². The Kier molecular flexibility index (Phi) is 9.44. The molecule has 6 rings (SSSR count). The van der Waals surface area contributed by atoms with E-state index in [0.717, 1.165) is 86.3 Å². The average molecular weight is 575 g/mol. The lowest BCUT2D eigenvalue weighted by Crippen LogP contribution is -2.38. The number of nitrogen functional groups attached to an aromatic ring is 1. The summed E-state index contributed by atoms with van der Waals surface area (Å²) in [7, 11) is 0. The fourth-order valence-corrected chi connectivity index (χ4v) is 6.09. The van der Waals surface area contributed by atoms with E-state index in [2.05, 4.69) is 27.4 Å². The number of benzene rings is 2. The first kappa shape index (κ1) is 29.6. The second kappa shape index (κ2) is 13.4. The van der Waals surface area contributed by atoms with Crippen LogP contribution in [0.3, 0.4) is 0 Å². The highest BCUT2D eigenvalue weighted by Crippen LogP contribution is 2.35. The van der Waals surface area contributed by atoms with Crippen LogP contribution in [0.25, 0.3) is 10.8 Å². The van der Waals surface area contributed by atoms with E-state index in [0.29, 0.717) is 37.1 Å². The standard InChI is InChI=1S/C25H29N5O3.C7H13NO/c26-24-21-6-8-30(23-12-18(31)10-16-4-1-2-5-20(16)23)14-22(21)27-25(28-24)32-9-3-7-29-13-19-11-17(29)15-33-19;1-4-7(9)8(5-2)6-3/h1-2,4-5,10,12,17,19,31H,3,6-9,11,13-15H2,(H2,26,27,28);4H,1,5-6H2,2-3H3/t17-,19-;/m0./s1. The molecule has 0 spiro atoms. The van der Waals surface area contributed by atoms with E-state index in [-0.39, 0.29) is 11.7 Å². The molecule has 3 aromatic rings. The predicted octanol–water partition coefficient (Wildman–Crippen LogP) is 3.76. The van der Waals surface area contributed by atoms with Crippen LogP contribution in [0.15, 0.2) is 49.1 Å². The van der Waals surface area contributed by atoms with Crippen molar-refractivity contribution in [3.8, 4) is 11.8 Å². The third kappa shape index (κ3) is 6.60. The minimum Gasteiger partial charge on any atom is -0.508 e. The lowest BCUT2D eigenvalue weighted by molar-refractivity contribution is -0.125. The van der Waals surface area contributed by atoms with Gasteiger partial charge in [0.25, 0.3) is 0 Å². The molecule has 1 aromatic heterocycles. The van der Waals surface area contributed by atoms with Crippen molar-refractivity contribution in [3.05, 3.63) is 60.3 Å². The molecule has 10 nitrogen and oxygen atoms in total. The molecule has 224 valence electrons. The number of phenols is 1. The molecule has 3 N–H and O–H groups in total. The maximum absolute atomic E-state index is 10.8. The normalized spacial score (nSPS) is 19.2. The van der Waals surface area contributed by atoms with Crippen LogP contribution in [0.5, 0.6) is 11.8 Å². The quantitative estimate of drug-likeness (QED) is 0.291. The summed E-state index contributed by atoms with van der Waals surface area (Å²) < 4.78 is 11.6. The number of fused-ring (bicyclic) bond motifs is 4. The molecular formula is C32H42N6O4. The van der Waals surface area contributed by atoms with Crippen molar-refractivity contribution >= 4 is 28.2 Å². The van der Waals surface area contributed by atoms with Gasteiger partial charge in [0.1, 0.15) is 11.6 Å². The number of likely N-dealkylation sites (N-methyl/N-ethyl adjacent to an activating group) is 1. The first-order valence-corrected chi connectivity index (χ1v) is 14.9. The van der Waals surface area contributed by atoms with Gasteiger partial charge in [-0.2, -0.15) is 9.97 Å². The van der Waals surface area contributed by atoms with Crippen LogP contribution in [0.4, 0.5) is 11.5 Å². The highest BCUT2D eigenvalue weighted by Gasteiger charge is 2.38. The zero-order chi connectivity index (χ0) is 29.6. The van der Waals surface area contributed by atoms with Crippen molar-refractivity contribution in [3.63, 3.8) is 0 Å². The number of anilines is 2. The molecule has 1 amide bonds. The number of morpholine rings is 1. The summed E-state index contributed by atoms with van der Waals surface area (Å²) in [5.41, 5.74) is 9.16. The number of aromatic hydroxyl groups is 1. The van der Waals surface area contributed by atoms with Crippen molar-refractivity contribution in [2.45, 2.75) is 51.8 Å². The summed E-state index contributed by atoms with van der Waals surface area (Å²) in [5, 5.41) is 12.4. The largest absolute Gasteiger partial charge is 0.508 e. The average Bonchev–Trinajstić information content (AvgIpc) is 3.63. The zero-order valence-corrected chi connectivity index (χ0v) is 24.7. The molecule has 2 bridgehead atoms. The lowest BCUT2D eigenvalue weighted by atomic mass is 10.0. The Hall–Kier alpha value is -3.89. The second-order valence-corrected chi connectivity index (χ2v) is 10.9. The molecule has 2 aromatic carbocycles. The maximum atomic E-state index is 10.8. The van der Waals surface area contributed by atoms with Crippen molar-refractivity contribution < 1.29 is 19.4 Å². The first-order valence-electron chi connectivity index (χ1n) is 14.9. The van der Waals surface area contributed by atoms with E-state index in [1.165, 1.54) is 6.08 Å². The molecule has 10 heteroatoms. The number of nitrogens with two attached hydrogens (primary N) is 1. The van der Waals surface area contributed by atoms with Crippen LogP contribution >= 0.6 is 0 Å². The molecule has 42 heavy (non-hydrogen) atoms. The van der Waals surface area contributed by atoms with Gasteiger partial charge in [-0.05, 0) is 50.6 Å². The number of hydrogen-bond acceptors (Lipinski definition) is 9. The third-order valence-corrected chi connectivity index (χ3v) is 8.33. The van der Waals surface area contributed by atoms with E-state index in [9.17, 15) is 9.90 Å². The fourth-order valence-electron chi connectivity index (χ4n) is 6.09. The van der Waals surface area contributed by atoms with Gasteiger partial charge in [0.05, 0.1) is 31.6 Å². The minimum atomic E-state index is 0.0139. The van der Waals surface area contributed by atoms with E-state index in [1.807, 2.05) is 38.1 Å². The van der Waals surface area contributed by atoms with Gasteiger partial charge in [-0.3, -0.25) is 9.69 Å². The molecule has 0 saturated carbocycles. The fraction of sp³-hybridized carbons (Fsp3) is 0.469. The van der Waals surface area contributed by atoms with Crippen LogP contribution in [0.2, 0.25) is 0 Å². The maximum Gasteiger partial charge on any atom is 0.318 e. The molecule has 0 unspecified atom stereocenters. The molecule has 2 fully saturated rings. The Morgan fingerprint density at radius 2 is 2.07 bits per heavy atom. The number of nitrogens with zero attached hydrogens (tertiary/aromatic N) is 5. The van der Waals surface area contributed by atoms with Gasteiger partial charge in [-0.25, -0.2) is 0 Å². The monoisotopic (exact) mass is 574 g/mol. The van der Waals surface area contributed by atoms with Gasteiger partial charge in [0.2, 0.25) is 5.91 Å². The number of likely N-dealkylation sites (tertiary alicyclic amines) is 1. The molecule has 3 aliphatic heterocycles. The molecule has 3 aliphatic rings. The van der Waals surface area contributed by atoms with Crippen LogP contribution in [-0.4, -0.2) is 88.9 Å². The molecular weight excluding hydrogens is 532 g/mol. The van der Waals surface area contributed by atoms with Gasteiger partial charge in [-0.15, -0.1) is 0 Å². The molecule has 4 heterocycles. The molecule has 2 saturated heterocycles. The predicted molar refractivity (Wildman–Crippen MR) is 165 cm³/mol. The summed E-state index contributed by atoms with van der Waals surface area (Å²) in [5.74, 6) is 0.780. The zero-order valence-electron chi connectivity index (χ0n) is 24.7. The minimum absolute atomic E-state index is 0.0139. The number of phenolic OH excluding ortho intramolecular Hbond substituents is 1. The highest BCUT2D eigenvalue weighted by molar-refractivity contribution is 5.95. The Bertz CT molecular complexity index is 1410. The summed E-state index contributed by atoms with van der Waals surface area (Å²) in [6.45, 7) is 13.7.